The maximum atomic E-state index is 8.74. The minimum absolute atomic E-state index is 0.0640. The van der Waals surface area contributed by atoms with Crippen LogP contribution in [0.2, 0.25) is 0 Å². The van der Waals surface area contributed by atoms with Crippen molar-refractivity contribution >= 4 is 12.8 Å². The van der Waals surface area contributed by atoms with Crippen LogP contribution in [0.5, 0.6) is 0 Å². The Balaban J connectivity index is 2.78. The molecule has 0 saturated heterocycles. The predicted molar refractivity (Wildman–Crippen MR) is 45.3 cm³/mol. The van der Waals surface area contributed by atoms with Gasteiger partial charge in [-0.05, 0) is 12.1 Å². The van der Waals surface area contributed by atoms with Gasteiger partial charge in [0.05, 0.1) is 0 Å². The van der Waals surface area contributed by atoms with Gasteiger partial charge in [0, 0.05) is 14.2 Å². The fourth-order valence-corrected chi connectivity index (χ4v) is 0.962. The van der Waals surface area contributed by atoms with Gasteiger partial charge in [-0.15, -0.1) is 0 Å². The largest absolute Gasteiger partial charge is 0.526 e. The zero-order chi connectivity index (χ0) is 9.84. The molecule has 0 aliphatic rings. The van der Waals surface area contributed by atoms with Crippen LogP contribution in [0.4, 0.5) is 0 Å². The Kier molecular flexibility index (Phi) is 3.50. The van der Waals surface area contributed by atoms with Crippen molar-refractivity contribution < 1.29 is 23.9 Å². The molecule has 0 amide bonds. The van der Waals surface area contributed by atoms with Gasteiger partial charge in [0.1, 0.15) is 5.66 Å². The van der Waals surface area contributed by atoms with Crippen LogP contribution in [0.3, 0.4) is 0 Å². The second-order valence-corrected chi connectivity index (χ2v) is 2.42. The van der Waals surface area contributed by atoms with Gasteiger partial charge in [-0.2, -0.15) is 0 Å². The predicted octanol–water partition coefficient (Wildman–Crippen LogP) is -0.749. The van der Waals surface area contributed by atoms with Gasteiger partial charge in [0.15, 0.2) is 5.76 Å². The molecule has 0 fully saturated rings. The Morgan fingerprint density at radius 2 is 1.92 bits per heavy atom. The number of furan rings is 1. The first-order valence-electron chi connectivity index (χ1n) is 3.70. The number of hydrogen-bond acceptors (Lipinski definition) is 5. The fourth-order valence-electron chi connectivity index (χ4n) is 0.962. The van der Waals surface area contributed by atoms with E-state index in [1.807, 2.05) is 0 Å². The molecular formula is C7H11BO5. The monoisotopic (exact) mass is 186 g/mol. The molecule has 0 radical (unpaired) electrons. The summed E-state index contributed by atoms with van der Waals surface area (Å²) in [5, 5.41) is 17.5. The Morgan fingerprint density at radius 3 is 2.31 bits per heavy atom. The van der Waals surface area contributed by atoms with E-state index in [-0.39, 0.29) is 5.66 Å². The van der Waals surface area contributed by atoms with Crippen LogP contribution < -0.4 is 5.66 Å². The summed E-state index contributed by atoms with van der Waals surface area (Å²) in [5.74, 6) is 0.396. The second kappa shape index (κ2) is 4.43. The Morgan fingerprint density at radius 1 is 1.31 bits per heavy atom. The summed E-state index contributed by atoms with van der Waals surface area (Å²) >= 11 is 0. The zero-order valence-electron chi connectivity index (χ0n) is 7.43. The number of methoxy groups -OCH3 is 2. The van der Waals surface area contributed by atoms with Gasteiger partial charge >= 0.3 is 7.12 Å². The van der Waals surface area contributed by atoms with Crippen LogP contribution in [0.25, 0.3) is 0 Å². The highest BCUT2D eigenvalue weighted by Gasteiger charge is 2.20. The molecule has 5 nitrogen and oxygen atoms in total. The highest BCUT2D eigenvalue weighted by Crippen LogP contribution is 2.15. The lowest BCUT2D eigenvalue weighted by Gasteiger charge is -2.09. The fraction of sp³-hybridized carbons (Fsp3) is 0.429. The summed E-state index contributed by atoms with van der Waals surface area (Å²) in [5.41, 5.74) is 0.0640. The van der Waals surface area contributed by atoms with Gasteiger partial charge in [0.25, 0.3) is 0 Å². The molecule has 1 aromatic heterocycles. The summed E-state index contributed by atoms with van der Waals surface area (Å²) in [6.07, 6.45) is -0.618. The average molecular weight is 186 g/mol. The van der Waals surface area contributed by atoms with Gasteiger partial charge < -0.3 is 23.9 Å². The van der Waals surface area contributed by atoms with Gasteiger partial charge in [0.2, 0.25) is 6.29 Å². The molecule has 0 aromatic carbocycles. The maximum Gasteiger partial charge on any atom is 0.526 e. The summed E-state index contributed by atoms with van der Waals surface area (Å²) in [6, 6.07) is 3.01. The topological polar surface area (TPSA) is 72.1 Å². The van der Waals surface area contributed by atoms with Crippen molar-refractivity contribution in [2.75, 3.05) is 14.2 Å². The summed E-state index contributed by atoms with van der Waals surface area (Å²) in [6.45, 7) is 0. The minimum atomic E-state index is -1.61. The van der Waals surface area contributed by atoms with E-state index in [1.165, 1.54) is 20.3 Å². The van der Waals surface area contributed by atoms with Crippen molar-refractivity contribution in [1.82, 2.24) is 0 Å². The summed E-state index contributed by atoms with van der Waals surface area (Å²) < 4.78 is 14.8. The van der Waals surface area contributed by atoms with Crippen molar-refractivity contribution in [3.63, 3.8) is 0 Å². The van der Waals surface area contributed by atoms with Crippen molar-refractivity contribution in [3.05, 3.63) is 17.9 Å². The minimum Gasteiger partial charge on any atom is -0.464 e. The normalized spacial score (nSPS) is 10.8. The molecule has 1 rings (SSSR count). The van der Waals surface area contributed by atoms with E-state index in [0.717, 1.165) is 0 Å². The first-order chi connectivity index (χ1) is 6.19. The molecule has 0 aliphatic heterocycles. The lowest BCUT2D eigenvalue weighted by Crippen LogP contribution is -2.28. The van der Waals surface area contributed by atoms with E-state index in [9.17, 15) is 0 Å². The Bertz CT molecular complexity index is 255. The molecule has 72 valence electrons. The molecule has 0 aliphatic carbocycles. The SMILES string of the molecule is COC(OC)c1ccc(B(O)O)o1. The highest BCUT2D eigenvalue weighted by atomic mass is 16.7. The Hall–Kier alpha value is -0.815. The van der Waals surface area contributed by atoms with Crippen molar-refractivity contribution in [1.29, 1.82) is 0 Å². The van der Waals surface area contributed by atoms with Crippen LogP contribution >= 0.6 is 0 Å². The molecule has 1 aromatic rings. The molecular weight excluding hydrogens is 175 g/mol. The van der Waals surface area contributed by atoms with Gasteiger partial charge in [-0.1, -0.05) is 0 Å². The quantitative estimate of drug-likeness (QED) is 0.478. The van der Waals surface area contributed by atoms with Crippen molar-refractivity contribution in [2.45, 2.75) is 6.29 Å². The summed E-state index contributed by atoms with van der Waals surface area (Å²) in [7, 11) is 1.32. The molecule has 0 saturated carbocycles. The average Bonchev–Trinajstić information content (AvgIpc) is 2.56. The molecule has 6 heteroatoms. The van der Waals surface area contributed by atoms with Crippen LogP contribution in [-0.2, 0) is 9.47 Å². The van der Waals surface area contributed by atoms with E-state index in [0.29, 0.717) is 5.76 Å². The van der Waals surface area contributed by atoms with Crippen molar-refractivity contribution in [3.8, 4) is 0 Å². The van der Waals surface area contributed by atoms with Gasteiger partial charge in [-0.25, -0.2) is 0 Å². The van der Waals surface area contributed by atoms with E-state index in [2.05, 4.69) is 0 Å². The lowest BCUT2D eigenvalue weighted by atomic mass is 9.88. The van der Waals surface area contributed by atoms with Crippen molar-refractivity contribution in [2.24, 2.45) is 0 Å². The van der Waals surface area contributed by atoms with E-state index in [4.69, 9.17) is 23.9 Å². The molecule has 1 heterocycles. The van der Waals surface area contributed by atoms with E-state index < -0.39 is 13.4 Å². The standard InChI is InChI=1S/C7H11BO5/c1-11-7(12-2)5-3-4-6(13-5)8(9)10/h3-4,7,9-10H,1-2H3. The highest BCUT2D eigenvalue weighted by molar-refractivity contribution is 6.56. The third kappa shape index (κ3) is 2.32. The summed E-state index contributed by atoms with van der Waals surface area (Å²) in [4.78, 5) is 0. The maximum absolute atomic E-state index is 8.74. The zero-order valence-corrected chi connectivity index (χ0v) is 7.43. The van der Waals surface area contributed by atoms with Crippen LogP contribution in [0, 0.1) is 0 Å². The molecule has 0 bridgehead atoms. The van der Waals surface area contributed by atoms with Crippen LogP contribution in [-0.4, -0.2) is 31.4 Å². The smallest absolute Gasteiger partial charge is 0.464 e. The third-order valence-electron chi connectivity index (χ3n) is 1.56. The van der Waals surface area contributed by atoms with E-state index >= 15 is 0 Å². The Labute approximate surface area is 76.0 Å². The van der Waals surface area contributed by atoms with Crippen LogP contribution in [0.1, 0.15) is 12.1 Å². The third-order valence-corrected chi connectivity index (χ3v) is 1.56. The molecule has 0 atom stereocenters. The van der Waals surface area contributed by atoms with Crippen LogP contribution in [0.15, 0.2) is 16.5 Å². The number of ether oxygens (including phenoxy) is 2. The number of hydrogen-bond donors (Lipinski definition) is 2. The first-order valence-corrected chi connectivity index (χ1v) is 3.70. The molecule has 0 unspecified atom stereocenters. The molecule has 0 spiro atoms. The number of rotatable bonds is 4. The first kappa shape index (κ1) is 10.3. The molecule has 13 heavy (non-hydrogen) atoms. The van der Waals surface area contributed by atoms with Gasteiger partial charge in [-0.3, -0.25) is 0 Å². The molecule has 2 N–H and O–H groups in total. The second-order valence-electron chi connectivity index (χ2n) is 2.42. The lowest BCUT2D eigenvalue weighted by molar-refractivity contribution is -0.117. The van der Waals surface area contributed by atoms with E-state index in [1.54, 1.807) is 6.07 Å².